The molecule has 5 heteroatoms. The molecule has 4 nitrogen and oxygen atoms in total. The summed E-state index contributed by atoms with van der Waals surface area (Å²) >= 11 is 1.65. The molecule has 0 bridgehead atoms. The van der Waals surface area contributed by atoms with Crippen LogP contribution in [-0.4, -0.2) is 29.0 Å². The summed E-state index contributed by atoms with van der Waals surface area (Å²) in [5, 5.41) is 3.84. The van der Waals surface area contributed by atoms with Gasteiger partial charge in [-0.1, -0.05) is 19.1 Å². The number of thiazole rings is 1. The van der Waals surface area contributed by atoms with Crippen LogP contribution >= 0.6 is 11.3 Å². The molecule has 2 amide bonds. The van der Waals surface area contributed by atoms with Gasteiger partial charge in [0.25, 0.3) is 0 Å². The Morgan fingerprint density at radius 1 is 1.56 bits per heavy atom. The van der Waals surface area contributed by atoms with Crippen LogP contribution in [0.3, 0.4) is 0 Å². The van der Waals surface area contributed by atoms with Crippen molar-refractivity contribution in [2.45, 2.75) is 33.7 Å². The van der Waals surface area contributed by atoms with Crippen molar-refractivity contribution in [3.05, 3.63) is 28.2 Å². The van der Waals surface area contributed by atoms with Crippen molar-refractivity contribution in [1.82, 2.24) is 15.2 Å². The quantitative estimate of drug-likeness (QED) is 0.806. The van der Waals surface area contributed by atoms with Crippen LogP contribution in [0.5, 0.6) is 0 Å². The van der Waals surface area contributed by atoms with Crippen molar-refractivity contribution in [1.29, 1.82) is 0 Å². The monoisotopic (exact) mass is 267 g/mol. The Morgan fingerprint density at radius 2 is 2.28 bits per heavy atom. The molecule has 0 fully saturated rings. The Kier molecular flexibility index (Phi) is 5.85. The fourth-order valence-electron chi connectivity index (χ4n) is 1.51. The summed E-state index contributed by atoms with van der Waals surface area (Å²) in [6, 6.07) is -0.0613. The van der Waals surface area contributed by atoms with Crippen LogP contribution < -0.4 is 5.32 Å². The second-order valence-corrected chi connectivity index (χ2v) is 5.40. The van der Waals surface area contributed by atoms with E-state index < -0.39 is 0 Å². The van der Waals surface area contributed by atoms with Crippen LogP contribution in [0.4, 0.5) is 4.79 Å². The van der Waals surface area contributed by atoms with Crippen molar-refractivity contribution in [2.75, 3.05) is 13.1 Å². The number of carbonyl (C=O) groups is 1. The van der Waals surface area contributed by atoms with Crippen molar-refractivity contribution < 1.29 is 4.79 Å². The van der Waals surface area contributed by atoms with E-state index in [4.69, 9.17) is 0 Å². The molecule has 0 saturated carbocycles. The molecule has 0 atom stereocenters. The Labute approximate surface area is 113 Å². The van der Waals surface area contributed by atoms with E-state index in [9.17, 15) is 4.79 Å². The SMILES string of the molecule is C=C(C)CN(CC)C(=O)NCc1ncc(CC)s1. The van der Waals surface area contributed by atoms with Gasteiger partial charge in [-0.2, -0.15) is 0 Å². The number of carbonyl (C=O) groups excluding carboxylic acids is 1. The second-order valence-electron chi connectivity index (χ2n) is 4.20. The molecule has 0 aromatic carbocycles. The number of aromatic nitrogens is 1. The lowest BCUT2D eigenvalue weighted by atomic mass is 10.3. The molecule has 1 heterocycles. The molecule has 1 aromatic heterocycles. The van der Waals surface area contributed by atoms with Crippen LogP contribution in [0.1, 0.15) is 30.7 Å². The van der Waals surface area contributed by atoms with Gasteiger partial charge in [-0.25, -0.2) is 9.78 Å². The van der Waals surface area contributed by atoms with Gasteiger partial charge in [-0.05, 0) is 20.3 Å². The molecule has 100 valence electrons. The van der Waals surface area contributed by atoms with E-state index in [-0.39, 0.29) is 6.03 Å². The lowest BCUT2D eigenvalue weighted by Gasteiger charge is -2.21. The van der Waals surface area contributed by atoms with E-state index >= 15 is 0 Å². The lowest BCUT2D eigenvalue weighted by molar-refractivity contribution is 0.204. The summed E-state index contributed by atoms with van der Waals surface area (Å²) in [6.07, 6.45) is 2.86. The van der Waals surface area contributed by atoms with Crippen LogP contribution in [0, 0.1) is 0 Å². The standard InChI is InChI=1S/C13H21N3OS/c1-5-11-7-14-12(18-11)8-15-13(17)16(6-2)9-10(3)4/h7H,3,5-6,8-9H2,1-2,4H3,(H,15,17). The molecule has 0 spiro atoms. The third-order valence-corrected chi connectivity index (χ3v) is 3.61. The van der Waals surface area contributed by atoms with E-state index in [0.29, 0.717) is 19.6 Å². The van der Waals surface area contributed by atoms with Crippen molar-refractivity contribution >= 4 is 17.4 Å². The smallest absolute Gasteiger partial charge is 0.318 e. The topological polar surface area (TPSA) is 45.2 Å². The number of amides is 2. The van der Waals surface area contributed by atoms with E-state index in [2.05, 4.69) is 23.8 Å². The van der Waals surface area contributed by atoms with Crippen molar-refractivity contribution in [3.63, 3.8) is 0 Å². The Hall–Kier alpha value is -1.36. The maximum absolute atomic E-state index is 11.9. The van der Waals surface area contributed by atoms with Gasteiger partial charge in [0.05, 0.1) is 6.54 Å². The molecule has 0 radical (unpaired) electrons. The Bertz CT molecular complexity index is 414. The minimum atomic E-state index is -0.0613. The number of likely N-dealkylation sites (N-methyl/N-ethyl adjacent to an activating group) is 1. The molecule has 0 unspecified atom stereocenters. The average molecular weight is 267 g/mol. The fraction of sp³-hybridized carbons (Fsp3) is 0.538. The van der Waals surface area contributed by atoms with E-state index in [0.717, 1.165) is 17.0 Å². The van der Waals surface area contributed by atoms with Crippen LogP contribution in [0.25, 0.3) is 0 Å². The molecule has 0 aliphatic carbocycles. The minimum absolute atomic E-state index is 0.0613. The number of nitrogens with one attached hydrogen (secondary N) is 1. The zero-order valence-electron chi connectivity index (χ0n) is 11.3. The van der Waals surface area contributed by atoms with Crippen LogP contribution in [0.15, 0.2) is 18.3 Å². The predicted octanol–water partition coefficient (Wildman–Crippen LogP) is 2.81. The number of hydrogen-bond donors (Lipinski definition) is 1. The normalized spacial score (nSPS) is 10.2. The van der Waals surface area contributed by atoms with Gasteiger partial charge >= 0.3 is 6.03 Å². The number of hydrogen-bond acceptors (Lipinski definition) is 3. The highest BCUT2D eigenvalue weighted by atomic mass is 32.1. The van der Waals surface area contributed by atoms with Crippen LogP contribution in [0.2, 0.25) is 0 Å². The predicted molar refractivity (Wildman–Crippen MR) is 75.8 cm³/mol. The molecule has 0 aliphatic rings. The van der Waals surface area contributed by atoms with Crippen LogP contribution in [-0.2, 0) is 13.0 Å². The largest absolute Gasteiger partial charge is 0.331 e. The molecule has 0 saturated heterocycles. The Morgan fingerprint density at radius 3 is 2.78 bits per heavy atom. The molecule has 18 heavy (non-hydrogen) atoms. The molecule has 0 aliphatic heterocycles. The summed E-state index contributed by atoms with van der Waals surface area (Å²) in [5.41, 5.74) is 0.981. The van der Waals surface area contributed by atoms with Gasteiger partial charge in [0, 0.05) is 24.2 Å². The first-order valence-corrected chi connectivity index (χ1v) is 6.99. The Balaban J connectivity index is 2.46. The lowest BCUT2D eigenvalue weighted by Crippen LogP contribution is -2.40. The second kappa shape index (κ2) is 7.16. The average Bonchev–Trinajstić information content (AvgIpc) is 2.80. The maximum atomic E-state index is 11.9. The summed E-state index contributed by atoms with van der Waals surface area (Å²) in [4.78, 5) is 19.2. The minimum Gasteiger partial charge on any atom is -0.331 e. The molecule has 1 N–H and O–H groups in total. The fourth-order valence-corrected chi connectivity index (χ4v) is 2.31. The van der Waals surface area contributed by atoms with Gasteiger partial charge in [0.15, 0.2) is 0 Å². The van der Waals surface area contributed by atoms with Gasteiger partial charge in [0.2, 0.25) is 0 Å². The highest BCUT2D eigenvalue weighted by Gasteiger charge is 2.11. The first-order valence-electron chi connectivity index (χ1n) is 6.17. The maximum Gasteiger partial charge on any atom is 0.318 e. The van der Waals surface area contributed by atoms with Gasteiger partial charge < -0.3 is 10.2 Å². The zero-order chi connectivity index (χ0) is 13.5. The van der Waals surface area contributed by atoms with E-state index in [1.807, 2.05) is 20.0 Å². The number of urea groups is 1. The zero-order valence-corrected chi connectivity index (χ0v) is 12.1. The molecular weight excluding hydrogens is 246 g/mol. The number of rotatable bonds is 6. The number of nitrogens with zero attached hydrogens (tertiary/aromatic N) is 2. The summed E-state index contributed by atoms with van der Waals surface area (Å²) in [6.45, 7) is 11.6. The van der Waals surface area contributed by atoms with Gasteiger partial charge in [0.1, 0.15) is 5.01 Å². The highest BCUT2D eigenvalue weighted by molar-refractivity contribution is 7.11. The summed E-state index contributed by atoms with van der Waals surface area (Å²) in [7, 11) is 0. The third-order valence-electron chi connectivity index (χ3n) is 2.47. The molecular formula is C13H21N3OS. The highest BCUT2D eigenvalue weighted by Crippen LogP contribution is 2.12. The van der Waals surface area contributed by atoms with Gasteiger partial charge in [-0.15, -0.1) is 11.3 Å². The third kappa shape index (κ3) is 4.49. The first-order chi connectivity index (χ1) is 8.56. The molecule has 1 aromatic rings. The van der Waals surface area contributed by atoms with Crippen molar-refractivity contribution in [3.8, 4) is 0 Å². The first kappa shape index (κ1) is 14.7. The van der Waals surface area contributed by atoms with E-state index in [1.165, 1.54) is 4.88 Å². The number of aryl methyl sites for hydroxylation is 1. The summed E-state index contributed by atoms with van der Waals surface area (Å²) < 4.78 is 0. The van der Waals surface area contributed by atoms with E-state index in [1.54, 1.807) is 16.2 Å². The van der Waals surface area contributed by atoms with Gasteiger partial charge in [-0.3, -0.25) is 0 Å². The summed E-state index contributed by atoms with van der Waals surface area (Å²) in [5.74, 6) is 0. The molecule has 1 rings (SSSR count). The van der Waals surface area contributed by atoms with Crippen molar-refractivity contribution in [2.24, 2.45) is 0 Å².